The number of sulfone groups is 1. The van der Waals surface area contributed by atoms with Crippen molar-refractivity contribution in [1.82, 2.24) is 5.32 Å². The lowest BCUT2D eigenvalue weighted by molar-refractivity contribution is 0.0944. The third kappa shape index (κ3) is 3.40. The molecule has 6 nitrogen and oxygen atoms in total. The van der Waals surface area contributed by atoms with Crippen LogP contribution in [-0.4, -0.2) is 26.1 Å². The minimum Gasteiger partial charge on any atom is -0.422 e. The standard InChI is InChI=1S/C16H13NO5S/c18-15(17-12-8-9-23(20,21)10-12)13-6-7-14(22-16(13)19)11-4-2-1-3-5-11/h1-9,12H,10H2,(H,17,18)/t12-/m1/s1. The van der Waals surface area contributed by atoms with Crippen molar-refractivity contribution in [2.24, 2.45) is 0 Å². The van der Waals surface area contributed by atoms with Gasteiger partial charge in [-0.15, -0.1) is 0 Å². The van der Waals surface area contributed by atoms with Gasteiger partial charge in [0.05, 0.1) is 11.8 Å². The lowest BCUT2D eigenvalue weighted by atomic mass is 10.1. The van der Waals surface area contributed by atoms with E-state index in [1.807, 2.05) is 18.2 Å². The Morgan fingerprint density at radius 3 is 2.48 bits per heavy atom. The fourth-order valence-corrected chi connectivity index (χ4v) is 3.49. The minimum atomic E-state index is -3.27. The second-order valence-corrected chi connectivity index (χ2v) is 7.04. The van der Waals surface area contributed by atoms with E-state index in [0.29, 0.717) is 5.76 Å². The van der Waals surface area contributed by atoms with E-state index in [4.69, 9.17) is 4.42 Å². The highest BCUT2D eigenvalue weighted by Crippen LogP contribution is 2.17. The molecule has 7 heteroatoms. The van der Waals surface area contributed by atoms with E-state index in [9.17, 15) is 18.0 Å². The van der Waals surface area contributed by atoms with Crippen molar-refractivity contribution in [2.75, 3.05) is 5.75 Å². The Kier molecular flexibility index (Phi) is 3.87. The van der Waals surface area contributed by atoms with E-state index in [1.165, 1.54) is 18.2 Å². The third-order valence-corrected chi connectivity index (χ3v) is 4.77. The molecule has 2 aromatic rings. The van der Waals surface area contributed by atoms with Crippen molar-refractivity contribution in [3.8, 4) is 11.3 Å². The second kappa shape index (κ2) is 5.85. The summed E-state index contributed by atoms with van der Waals surface area (Å²) >= 11 is 0. The summed E-state index contributed by atoms with van der Waals surface area (Å²) < 4.78 is 27.8. The lowest BCUT2D eigenvalue weighted by Gasteiger charge is -2.09. The van der Waals surface area contributed by atoms with Crippen molar-refractivity contribution >= 4 is 15.7 Å². The molecule has 1 aromatic heterocycles. The Morgan fingerprint density at radius 1 is 1.13 bits per heavy atom. The number of carbonyl (C=O) groups is 1. The number of amides is 1. The zero-order valence-electron chi connectivity index (χ0n) is 11.9. The van der Waals surface area contributed by atoms with Crippen LogP contribution in [0.3, 0.4) is 0 Å². The van der Waals surface area contributed by atoms with Gasteiger partial charge < -0.3 is 9.73 Å². The summed E-state index contributed by atoms with van der Waals surface area (Å²) in [6, 6.07) is 11.3. The number of carbonyl (C=O) groups excluding carboxylic acids is 1. The van der Waals surface area contributed by atoms with Gasteiger partial charge in [0.1, 0.15) is 11.3 Å². The van der Waals surface area contributed by atoms with Crippen LogP contribution >= 0.6 is 0 Å². The van der Waals surface area contributed by atoms with Gasteiger partial charge in [-0.1, -0.05) is 30.3 Å². The number of rotatable bonds is 3. The molecule has 1 aliphatic heterocycles. The Balaban J connectivity index is 1.80. The summed E-state index contributed by atoms with van der Waals surface area (Å²) in [6.07, 6.45) is 1.38. The topological polar surface area (TPSA) is 93.4 Å². The van der Waals surface area contributed by atoms with Crippen molar-refractivity contribution in [2.45, 2.75) is 6.04 Å². The number of benzene rings is 1. The summed E-state index contributed by atoms with van der Waals surface area (Å²) in [5.74, 6) is -0.507. The zero-order valence-corrected chi connectivity index (χ0v) is 12.7. The molecule has 2 heterocycles. The van der Waals surface area contributed by atoms with E-state index in [2.05, 4.69) is 5.32 Å². The summed E-state index contributed by atoms with van der Waals surface area (Å²) in [6.45, 7) is 0. The van der Waals surface area contributed by atoms with Gasteiger partial charge in [0.2, 0.25) is 0 Å². The second-order valence-electron chi connectivity index (χ2n) is 5.10. The van der Waals surface area contributed by atoms with Crippen molar-refractivity contribution in [3.05, 3.63) is 69.9 Å². The molecule has 1 atom stereocenters. The van der Waals surface area contributed by atoms with Gasteiger partial charge in [0, 0.05) is 11.0 Å². The summed E-state index contributed by atoms with van der Waals surface area (Å²) in [5.41, 5.74) is -0.211. The predicted molar refractivity (Wildman–Crippen MR) is 84.6 cm³/mol. The molecule has 1 aromatic carbocycles. The monoisotopic (exact) mass is 331 g/mol. The molecule has 1 amide bonds. The SMILES string of the molecule is O=C(N[C@@H]1C=CS(=O)(=O)C1)c1ccc(-c2ccccc2)oc1=O. The van der Waals surface area contributed by atoms with Crippen LogP contribution in [0.1, 0.15) is 10.4 Å². The van der Waals surface area contributed by atoms with Crippen LogP contribution in [0.15, 0.2) is 63.2 Å². The molecule has 1 aliphatic rings. The van der Waals surface area contributed by atoms with E-state index in [0.717, 1.165) is 11.0 Å². The Bertz CT molecular complexity index is 928. The Morgan fingerprint density at radius 2 is 1.87 bits per heavy atom. The van der Waals surface area contributed by atoms with Crippen LogP contribution < -0.4 is 10.9 Å². The van der Waals surface area contributed by atoms with E-state index >= 15 is 0 Å². The maximum Gasteiger partial charge on any atom is 0.349 e. The summed E-state index contributed by atoms with van der Waals surface area (Å²) in [4.78, 5) is 24.1. The fraction of sp³-hybridized carbons (Fsp3) is 0.125. The highest BCUT2D eigenvalue weighted by molar-refractivity contribution is 7.94. The first-order valence-electron chi connectivity index (χ1n) is 6.86. The van der Waals surface area contributed by atoms with Crippen LogP contribution in [0.5, 0.6) is 0 Å². The molecule has 0 aliphatic carbocycles. The lowest BCUT2D eigenvalue weighted by Crippen LogP contribution is -2.37. The number of hydrogen-bond donors (Lipinski definition) is 1. The van der Waals surface area contributed by atoms with E-state index in [-0.39, 0.29) is 11.3 Å². The minimum absolute atomic E-state index is 0.164. The number of hydrogen-bond acceptors (Lipinski definition) is 5. The molecule has 23 heavy (non-hydrogen) atoms. The molecular formula is C16H13NO5S. The molecular weight excluding hydrogens is 318 g/mol. The first-order chi connectivity index (χ1) is 10.9. The normalized spacial score (nSPS) is 18.7. The van der Waals surface area contributed by atoms with Crippen LogP contribution in [0.2, 0.25) is 0 Å². The van der Waals surface area contributed by atoms with E-state index < -0.39 is 27.4 Å². The average Bonchev–Trinajstić information content (AvgIpc) is 2.86. The van der Waals surface area contributed by atoms with Gasteiger partial charge >= 0.3 is 5.63 Å². The van der Waals surface area contributed by atoms with Gasteiger partial charge in [0.25, 0.3) is 5.91 Å². The molecule has 0 saturated heterocycles. The Hall–Kier alpha value is -2.67. The maximum absolute atomic E-state index is 12.1. The van der Waals surface area contributed by atoms with Crippen LogP contribution in [-0.2, 0) is 9.84 Å². The molecule has 0 unspecified atom stereocenters. The van der Waals surface area contributed by atoms with Crippen molar-refractivity contribution < 1.29 is 17.6 Å². The molecule has 3 rings (SSSR count). The molecule has 0 bridgehead atoms. The zero-order chi connectivity index (χ0) is 16.4. The smallest absolute Gasteiger partial charge is 0.349 e. The van der Waals surface area contributed by atoms with Gasteiger partial charge in [-0.3, -0.25) is 4.79 Å². The third-order valence-electron chi connectivity index (χ3n) is 3.37. The molecule has 118 valence electrons. The van der Waals surface area contributed by atoms with Gasteiger partial charge in [-0.2, -0.15) is 0 Å². The van der Waals surface area contributed by atoms with Crippen LogP contribution in [0.4, 0.5) is 0 Å². The number of nitrogens with one attached hydrogen (secondary N) is 1. The molecule has 0 fully saturated rings. The molecule has 0 radical (unpaired) electrons. The van der Waals surface area contributed by atoms with Crippen LogP contribution in [0, 0.1) is 0 Å². The fourth-order valence-electron chi connectivity index (χ4n) is 2.25. The Labute approximate surface area is 132 Å². The molecule has 0 spiro atoms. The van der Waals surface area contributed by atoms with Crippen molar-refractivity contribution in [3.63, 3.8) is 0 Å². The van der Waals surface area contributed by atoms with Gasteiger partial charge in [-0.05, 0) is 18.2 Å². The van der Waals surface area contributed by atoms with E-state index in [1.54, 1.807) is 12.1 Å². The quantitative estimate of drug-likeness (QED) is 0.916. The van der Waals surface area contributed by atoms with Crippen LogP contribution in [0.25, 0.3) is 11.3 Å². The summed E-state index contributed by atoms with van der Waals surface area (Å²) in [5, 5.41) is 3.54. The first-order valence-corrected chi connectivity index (χ1v) is 8.57. The van der Waals surface area contributed by atoms with Gasteiger partial charge in [-0.25, -0.2) is 13.2 Å². The molecule has 1 N–H and O–H groups in total. The van der Waals surface area contributed by atoms with Crippen molar-refractivity contribution in [1.29, 1.82) is 0 Å². The first kappa shape index (κ1) is 15.2. The largest absolute Gasteiger partial charge is 0.422 e. The predicted octanol–water partition coefficient (Wildman–Crippen LogP) is 1.35. The maximum atomic E-state index is 12.1. The highest BCUT2D eigenvalue weighted by atomic mass is 32.2. The van der Waals surface area contributed by atoms with Gasteiger partial charge in [0.15, 0.2) is 9.84 Å². The highest BCUT2D eigenvalue weighted by Gasteiger charge is 2.24. The molecule has 0 saturated carbocycles. The summed E-state index contributed by atoms with van der Waals surface area (Å²) in [7, 11) is -3.27. The average molecular weight is 331 g/mol.